The molecule has 0 saturated carbocycles. The topological polar surface area (TPSA) is 61.9 Å². The lowest BCUT2D eigenvalue weighted by atomic mass is 10.1. The van der Waals surface area contributed by atoms with E-state index in [0.717, 1.165) is 23.4 Å². The number of anilines is 1. The predicted molar refractivity (Wildman–Crippen MR) is 92.3 cm³/mol. The Morgan fingerprint density at radius 3 is 2.83 bits per heavy atom. The summed E-state index contributed by atoms with van der Waals surface area (Å²) in [6.07, 6.45) is 1.58. The molecule has 24 heavy (non-hydrogen) atoms. The monoisotopic (exact) mass is 331 g/mol. The number of nitrogens with one attached hydrogen (secondary N) is 1. The molecule has 2 saturated heterocycles. The average Bonchev–Trinajstić information content (AvgIpc) is 2.90. The van der Waals surface area contributed by atoms with Crippen LogP contribution in [-0.4, -0.2) is 53.5 Å². The average molecular weight is 331 g/mol. The van der Waals surface area contributed by atoms with Crippen LogP contribution in [0.15, 0.2) is 18.2 Å². The van der Waals surface area contributed by atoms with Gasteiger partial charge < -0.3 is 19.9 Å². The summed E-state index contributed by atoms with van der Waals surface area (Å²) in [6, 6.07) is 5.74. The Bertz CT molecular complexity index is 644. The van der Waals surface area contributed by atoms with Crippen LogP contribution in [0, 0.1) is 6.92 Å². The Balaban J connectivity index is 1.61. The molecule has 1 atom stereocenters. The van der Waals surface area contributed by atoms with Gasteiger partial charge in [0.1, 0.15) is 5.75 Å². The van der Waals surface area contributed by atoms with E-state index in [0.29, 0.717) is 26.1 Å². The van der Waals surface area contributed by atoms with Crippen molar-refractivity contribution < 1.29 is 14.3 Å². The lowest BCUT2D eigenvalue weighted by Crippen LogP contribution is -2.54. The van der Waals surface area contributed by atoms with Crippen molar-refractivity contribution in [2.75, 3.05) is 25.0 Å². The third-order valence-corrected chi connectivity index (χ3v) is 4.57. The maximum absolute atomic E-state index is 12.5. The van der Waals surface area contributed by atoms with Crippen molar-refractivity contribution in [3.63, 3.8) is 0 Å². The van der Waals surface area contributed by atoms with Gasteiger partial charge in [-0.05, 0) is 51.0 Å². The zero-order valence-electron chi connectivity index (χ0n) is 14.5. The van der Waals surface area contributed by atoms with E-state index < -0.39 is 0 Å². The van der Waals surface area contributed by atoms with E-state index in [-0.39, 0.29) is 24.1 Å². The maximum Gasteiger partial charge on any atom is 0.321 e. The molecule has 3 rings (SSSR count). The van der Waals surface area contributed by atoms with E-state index in [1.54, 1.807) is 4.90 Å². The second-order valence-corrected chi connectivity index (χ2v) is 6.80. The Kier molecular flexibility index (Phi) is 4.64. The van der Waals surface area contributed by atoms with Crippen LogP contribution in [0.3, 0.4) is 0 Å². The van der Waals surface area contributed by atoms with Crippen LogP contribution < -0.4 is 10.1 Å². The molecule has 2 heterocycles. The van der Waals surface area contributed by atoms with Crippen molar-refractivity contribution in [1.29, 1.82) is 0 Å². The Morgan fingerprint density at radius 1 is 1.33 bits per heavy atom. The van der Waals surface area contributed by atoms with Crippen molar-refractivity contribution in [3.05, 3.63) is 23.8 Å². The highest BCUT2D eigenvalue weighted by Crippen LogP contribution is 2.25. The molecule has 0 aliphatic carbocycles. The number of amides is 3. The first-order valence-electron chi connectivity index (χ1n) is 8.56. The van der Waals surface area contributed by atoms with E-state index in [1.807, 2.05) is 43.9 Å². The number of benzene rings is 1. The van der Waals surface area contributed by atoms with Gasteiger partial charge in [-0.2, -0.15) is 0 Å². The molecule has 2 fully saturated rings. The van der Waals surface area contributed by atoms with Crippen molar-refractivity contribution in [1.82, 2.24) is 9.80 Å². The van der Waals surface area contributed by atoms with Gasteiger partial charge in [0.05, 0.1) is 6.10 Å². The predicted octanol–water partition coefficient (Wildman–Crippen LogP) is 2.62. The molecule has 1 unspecified atom stereocenters. The highest BCUT2D eigenvalue weighted by Gasteiger charge is 2.36. The standard InChI is InChI=1S/C18H25N3O3/c1-12(2)24-16-6-4-14(10-13(16)3)19-18(23)20-8-9-21-15(11-20)5-7-17(21)22/h4,6,10,12,15H,5,7-9,11H2,1-3H3,(H,19,23). The van der Waals surface area contributed by atoms with Crippen LogP contribution in [0.1, 0.15) is 32.3 Å². The molecule has 2 aliphatic rings. The second-order valence-electron chi connectivity index (χ2n) is 6.80. The van der Waals surface area contributed by atoms with Gasteiger partial charge in [-0.25, -0.2) is 4.79 Å². The van der Waals surface area contributed by atoms with Crippen LogP contribution in [0.5, 0.6) is 5.75 Å². The van der Waals surface area contributed by atoms with Gasteiger partial charge >= 0.3 is 6.03 Å². The van der Waals surface area contributed by atoms with Crippen molar-refractivity contribution >= 4 is 17.6 Å². The Labute approximate surface area is 142 Å². The first-order chi connectivity index (χ1) is 11.4. The number of piperazine rings is 1. The summed E-state index contributed by atoms with van der Waals surface area (Å²) in [7, 11) is 0. The normalized spacial score (nSPS) is 20.3. The highest BCUT2D eigenvalue weighted by atomic mass is 16.5. The fourth-order valence-electron chi connectivity index (χ4n) is 3.36. The van der Waals surface area contributed by atoms with Crippen LogP contribution in [0.2, 0.25) is 0 Å². The third-order valence-electron chi connectivity index (χ3n) is 4.57. The summed E-state index contributed by atoms with van der Waals surface area (Å²) in [4.78, 5) is 27.9. The molecule has 3 amide bonds. The van der Waals surface area contributed by atoms with E-state index in [9.17, 15) is 9.59 Å². The molecule has 0 bridgehead atoms. The molecule has 0 spiro atoms. The summed E-state index contributed by atoms with van der Waals surface area (Å²) in [6.45, 7) is 7.78. The molecule has 6 heteroatoms. The van der Waals surface area contributed by atoms with Crippen LogP contribution in [-0.2, 0) is 4.79 Å². The molecule has 6 nitrogen and oxygen atoms in total. The number of rotatable bonds is 3. The molecule has 0 radical (unpaired) electrons. The Morgan fingerprint density at radius 2 is 2.12 bits per heavy atom. The minimum Gasteiger partial charge on any atom is -0.491 e. The van der Waals surface area contributed by atoms with E-state index in [4.69, 9.17) is 4.74 Å². The summed E-state index contributed by atoms with van der Waals surface area (Å²) < 4.78 is 5.72. The number of aryl methyl sites for hydroxylation is 1. The number of hydrogen-bond acceptors (Lipinski definition) is 3. The minimum atomic E-state index is -0.106. The smallest absolute Gasteiger partial charge is 0.321 e. The number of fused-ring (bicyclic) bond motifs is 1. The number of urea groups is 1. The van der Waals surface area contributed by atoms with Crippen LogP contribution in [0.4, 0.5) is 10.5 Å². The van der Waals surface area contributed by atoms with Crippen molar-refractivity contribution in [2.45, 2.75) is 45.8 Å². The van der Waals surface area contributed by atoms with Crippen molar-refractivity contribution in [2.24, 2.45) is 0 Å². The lowest BCUT2D eigenvalue weighted by molar-refractivity contribution is -0.130. The summed E-state index contributed by atoms with van der Waals surface area (Å²) in [5.41, 5.74) is 1.76. The van der Waals surface area contributed by atoms with Gasteiger partial charge in [-0.15, -0.1) is 0 Å². The minimum absolute atomic E-state index is 0.106. The van der Waals surface area contributed by atoms with Gasteiger partial charge in [-0.1, -0.05) is 0 Å². The number of carbonyl (C=O) groups is 2. The summed E-state index contributed by atoms with van der Waals surface area (Å²) in [5.74, 6) is 1.05. The molecular weight excluding hydrogens is 306 g/mol. The largest absolute Gasteiger partial charge is 0.491 e. The van der Waals surface area contributed by atoms with E-state index in [1.165, 1.54) is 0 Å². The first kappa shape index (κ1) is 16.6. The number of hydrogen-bond donors (Lipinski definition) is 1. The van der Waals surface area contributed by atoms with Gasteiger partial charge in [0.15, 0.2) is 0 Å². The third kappa shape index (κ3) is 3.47. The van der Waals surface area contributed by atoms with Gasteiger partial charge in [-0.3, -0.25) is 4.79 Å². The SMILES string of the molecule is Cc1cc(NC(=O)N2CCN3C(=O)CCC3C2)ccc1OC(C)C. The van der Waals surface area contributed by atoms with Crippen LogP contribution >= 0.6 is 0 Å². The van der Waals surface area contributed by atoms with Gasteiger partial charge in [0, 0.05) is 37.8 Å². The van der Waals surface area contributed by atoms with Gasteiger partial charge in [0.2, 0.25) is 5.91 Å². The number of nitrogens with zero attached hydrogens (tertiary/aromatic N) is 2. The Hall–Kier alpha value is -2.24. The molecule has 1 N–H and O–H groups in total. The van der Waals surface area contributed by atoms with Crippen molar-refractivity contribution in [3.8, 4) is 5.75 Å². The highest BCUT2D eigenvalue weighted by molar-refractivity contribution is 5.90. The van der Waals surface area contributed by atoms with E-state index in [2.05, 4.69) is 5.32 Å². The molecular formula is C18H25N3O3. The number of carbonyl (C=O) groups excluding carboxylic acids is 2. The zero-order valence-corrected chi connectivity index (χ0v) is 14.5. The fraction of sp³-hybridized carbons (Fsp3) is 0.556. The summed E-state index contributed by atoms with van der Waals surface area (Å²) in [5, 5.41) is 2.95. The van der Waals surface area contributed by atoms with E-state index >= 15 is 0 Å². The molecule has 0 aromatic heterocycles. The molecule has 2 aliphatic heterocycles. The van der Waals surface area contributed by atoms with Crippen LogP contribution in [0.25, 0.3) is 0 Å². The first-order valence-corrected chi connectivity index (χ1v) is 8.56. The quantitative estimate of drug-likeness (QED) is 0.926. The molecule has 130 valence electrons. The zero-order chi connectivity index (χ0) is 17.3. The molecule has 1 aromatic rings. The maximum atomic E-state index is 12.5. The molecule has 1 aromatic carbocycles. The number of ether oxygens (including phenoxy) is 1. The lowest BCUT2D eigenvalue weighted by Gasteiger charge is -2.37. The second kappa shape index (κ2) is 6.71. The fourth-order valence-corrected chi connectivity index (χ4v) is 3.36. The van der Waals surface area contributed by atoms with Gasteiger partial charge in [0.25, 0.3) is 0 Å². The summed E-state index contributed by atoms with van der Waals surface area (Å²) >= 11 is 0.